The van der Waals surface area contributed by atoms with Crippen molar-refractivity contribution >= 4 is 23.3 Å². The Bertz CT molecular complexity index is 765. The van der Waals surface area contributed by atoms with Crippen LogP contribution in [0.15, 0.2) is 30.4 Å². The molecule has 5 nitrogen and oxygen atoms in total. The van der Waals surface area contributed by atoms with Crippen LogP contribution in [0.25, 0.3) is 0 Å². The molecule has 1 aliphatic heterocycles. The zero-order valence-corrected chi connectivity index (χ0v) is 14.4. The maximum Gasteiger partial charge on any atom is 0.238 e. The minimum atomic E-state index is -0.272. The van der Waals surface area contributed by atoms with Gasteiger partial charge >= 0.3 is 0 Å². The Morgan fingerprint density at radius 1 is 1.12 bits per heavy atom. The van der Waals surface area contributed by atoms with Gasteiger partial charge in [0.25, 0.3) is 0 Å². The molecule has 4 aliphatic rings. The third-order valence-electron chi connectivity index (χ3n) is 5.67. The first-order chi connectivity index (χ1) is 12.0. The summed E-state index contributed by atoms with van der Waals surface area (Å²) in [4.78, 5) is 39.3. The highest BCUT2D eigenvalue weighted by molar-refractivity contribution is 6.23. The molecule has 5 rings (SSSR count). The highest BCUT2D eigenvalue weighted by Crippen LogP contribution is 2.51. The molecule has 5 heteroatoms. The molecule has 25 heavy (non-hydrogen) atoms. The van der Waals surface area contributed by atoms with Gasteiger partial charge in [0.15, 0.2) is 5.78 Å². The normalized spacial score (nSPS) is 29.9. The molecule has 0 spiro atoms. The van der Waals surface area contributed by atoms with Crippen LogP contribution in [0.3, 0.4) is 0 Å². The number of allylic oxidation sites excluding steroid dienone is 2. The monoisotopic (exact) mass is 339 g/mol. The molecule has 2 bridgehead atoms. The van der Waals surface area contributed by atoms with Crippen LogP contribution in [0.4, 0.5) is 5.69 Å². The molecule has 1 saturated heterocycles. The standard InChI is InChI=1S/C20H21NO4/c1-3-25-16-9-8-14(11(2)22)10-15(16)21-19(23)17-12-4-5-13(7-6-12)18(17)20(21)24/h4-5,8-10,12-13,17-18H,3,6-7H2,1-2H3/t12-,13-,17-,18-/m1/s1. The van der Waals surface area contributed by atoms with Crippen LogP contribution in [-0.2, 0) is 9.59 Å². The largest absolute Gasteiger partial charge is 0.492 e. The Morgan fingerprint density at radius 2 is 1.72 bits per heavy atom. The fraction of sp³-hybridized carbons (Fsp3) is 0.450. The number of Topliss-reactive ketones (excluding diaryl/α,β-unsaturated/α-hetero) is 1. The van der Waals surface area contributed by atoms with Gasteiger partial charge in [0.1, 0.15) is 5.75 Å². The van der Waals surface area contributed by atoms with Gasteiger partial charge in [-0.25, -0.2) is 4.90 Å². The van der Waals surface area contributed by atoms with Crippen molar-refractivity contribution in [3.05, 3.63) is 35.9 Å². The number of anilines is 1. The van der Waals surface area contributed by atoms with Gasteiger partial charge in [0.05, 0.1) is 24.1 Å². The Hall–Kier alpha value is -2.43. The number of imide groups is 1. The molecule has 0 aromatic heterocycles. The maximum atomic E-state index is 13.1. The Morgan fingerprint density at radius 3 is 2.20 bits per heavy atom. The van der Waals surface area contributed by atoms with Crippen LogP contribution in [0.5, 0.6) is 5.75 Å². The van der Waals surface area contributed by atoms with Gasteiger partial charge in [-0.3, -0.25) is 14.4 Å². The molecule has 130 valence electrons. The van der Waals surface area contributed by atoms with E-state index >= 15 is 0 Å². The van der Waals surface area contributed by atoms with E-state index in [9.17, 15) is 14.4 Å². The summed E-state index contributed by atoms with van der Waals surface area (Å²) >= 11 is 0. The fourth-order valence-corrected chi connectivity index (χ4v) is 4.50. The van der Waals surface area contributed by atoms with E-state index in [2.05, 4.69) is 12.2 Å². The molecule has 1 saturated carbocycles. The summed E-state index contributed by atoms with van der Waals surface area (Å²) in [5.74, 6) is -0.216. The maximum absolute atomic E-state index is 13.1. The highest BCUT2D eigenvalue weighted by atomic mass is 16.5. The van der Waals surface area contributed by atoms with Gasteiger partial charge in [-0.2, -0.15) is 0 Å². The molecule has 0 N–H and O–H groups in total. The van der Waals surface area contributed by atoms with Gasteiger partial charge in [0.2, 0.25) is 11.8 Å². The topological polar surface area (TPSA) is 63.7 Å². The van der Waals surface area contributed by atoms with Crippen LogP contribution >= 0.6 is 0 Å². The first-order valence-corrected chi connectivity index (χ1v) is 8.86. The average molecular weight is 339 g/mol. The lowest BCUT2D eigenvalue weighted by Crippen LogP contribution is -2.38. The summed E-state index contributed by atoms with van der Waals surface area (Å²) in [6.07, 6.45) is 6.11. The molecular formula is C20H21NO4. The number of amides is 2. The number of carbonyl (C=O) groups excluding carboxylic acids is 3. The molecule has 1 aromatic rings. The zero-order chi connectivity index (χ0) is 17.7. The van der Waals surface area contributed by atoms with E-state index in [4.69, 9.17) is 4.74 Å². The predicted octanol–water partition coefficient (Wildman–Crippen LogP) is 2.99. The molecule has 0 radical (unpaired) electrons. The second kappa shape index (κ2) is 5.83. The quantitative estimate of drug-likeness (QED) is 0.481. The Kier molecular flexibility index (Phi) is 3.74. The van der Waals surface area contributed by atoms with E-state index in [0.29, 0.717) is 23.6 Å². The van der Waals surface area contributed by atoms with Crippen molar-refractivity contribution < 1.29 is 19.1 Å². The van der Waals surface area contributed by atoms with E-state index in [1.54, 1.807) is 18.2 Å². The number of ether oxygens (including phenoxy) is 1. The number of hydrogen-bond acceptors (Lipinski definition) is 4. The number of fused-ring (bicyclic) bond motifs is 1. The highest BCUT2D eigenvalue weighted by Gasteiger charge is 2.57. The van der Waals surface area contributed by atoms with Crippen LogP contribution < -0.4 is 9.64 Å². The summed E-state index contributed by atoms with van der Waals surface area (Å²) < 4.78 is 5.63. The molecule has 2 amide bonds. The summed E-state index contributed by atoms with van der Waals surface area (Å²) in [6.45, 7) is 3.74. The lowest BCUT2D eigenvalue weighted by molar-refractivity contribution is -0.124. The number of hydrogen-bond donors (Lipinski definition) is 0. The third-order valence-corrected chi connectivity index (χ3v) is 5.67. The van der Waals surface area contributed by atoms with Crippen molar-refractivity contribution in [3.8, 4) is 5.75 Å². The van der Waals surface area contributed by atoms with Gasteiger partial charge in [-0.05, 0) is 56.7 Å². The van der Waals surface area contributed by atoms with Crippen LogP contribution in [0.2, 0.25) is 0 Å². The van der Waals surface area contributed by atoms with Crippen LogP contribution in [0.1, 0.15) is 37.0 Å². The lowest BCUT2D eigenvalue weighted by Gasteiger charge is -2.38. The third kappa shape index (κ3) is 2.33. The SMILES string of the molecule is CCOc1ccc(C(C)=O)cc1N1C(=O)[C@H]2[C@H](C1=O)[C@@H]1C=C[C@@H]2CC1. The summed E-state index contributed by atoms with van der Waals surface area (Å²) in [6, 6.07) is 4.95. The van der Waals surface area contributed by atoms with E-state index in [1.807, 2.05) is 6.92 Å². The van der Waals surface area contributed by atoms with Gasteiger partial charge in [0, 0.05) is 5.56 Å². The number of nitrogens with zero attached hydrogens (tertiary/aromatic N) is 1. The number of benzene rings is 1. The Balaban J connectivity index is 1.79. The minimum absolute atomic E-state index is 0.109. The first kappa shape index (κ1) is 16.1. The van der Waals surface area contributed by atoms with E-state index in [-0.39, 0.29) is 41.3 Å². The molecule has 2 fully saturated rings. The zero-order valence-electron chi connectivity index (χ0n) is 14.4. The van der Waals surface area contributed by atoms with Crippen LogP contribution in [0, 0.1) is 23.7 Å². The van der Waals surface area contributed by atoms with E-state index in [1.165, 1.54) is 11.8 Å². The molecule has 4 atom stereocenters. The minimum Gasteiger partial charge on any atom is -0.492 e. The smallest absolute Gasteiger partial charge is 0.238 e. The Labute approximate surface area is 146 Å². The van der Waals surface area contributed by atoms with Crippen LogP contribution in [-0.4, -0.2) is 24.2 Å². The van der Waals surface area contributed by atoms with Gasteiger partial charge in [-0.1, -0.05) is 12.2 Å². The van der Waals surface area contributed by atoms with E-state index in [0.717, 1.165) is 12.8 Å². The van der Waals surface area contributed by atoms with E-state index < -0.39 is 0 Å². The average Bonchev–Trinajstić information content (AvgIpc) is 2.90. The van der Waals surface area contributed by atoms with Crippen molar-refractivity contribution in [2.45, 2.75) is 26.7 Å². The number of carbonyl (C=O) groups is 3. The first-order valence-electron chi connectivity index (χ1n) is 8.86. The molecular weight excluding hydrogens is 318 g/mol. The van der Waals surface area contributed by atoms with Gasteiger partial charge in [-0.15, -0.1) is 0 Å². The summed E-state index contributed by atoms with van der Waals surface area (Å²) in [5, 5.41) is 0. The fourth-order valence-electron chi connectivity index (χ4n) is 4.50. The number of ketones is 1. The molecule has 0 unspecified atom stereocenters. The van der Waals surface area contributed by atoms with Gasteiger partial charge < -0.3 is 4.74 Å². The predicted molar refractivity (Wildman–Crippen MR) is 92.4 cm³/mol. The molecule has 3 aliphatic carbocycles. The van der Waals surface area contributed by atoms with Crippen molar-refractivity contribution in [1.29, 1.82) is 0 Å². The molecule has 1 aromatic carbocycles. The molecule has 1 heterocycles. The summed E-state index contributed by atoms with van der Waals surface area (Å²) in [5.41, 5.74) is 0.869. The van der Waals surface area contributed by atoms with Crippen molar-refractivity contribution in [3.63, 3.8) is 0 Å². The second-order valence-electron chi connectivity index (χ2n) is 7.03. The van der Waals surface area contributed by atoms with Crippen molar-refractivity contribution in [2.75, 3.05) is 11.5 Å². The van der Waals surface area contributed by atoms with Crippen molar-refractivity contribution in [1.82, 2.24) is 0 Å². The summed E-state index contributed by atoms with van der Waals surface area (Å²) in [7, 11) is 0. The lowest BCUT2D eigenvalue weighted by atomic mass is 9.63. The number of rotatable bonds is 4. The van der Waals surface area contributed by atoms with Crippen molar-refractivity contribution in [2.24, 2.45) is 23.7 Å². The second-order valence-corrected chi connectivity index (χ2v) is 7.03.